The van der Waals surface area contributed by atoms with Gasteiger partial charge >= 0.3 is 5.97 Å². The molecule has 160 valence electrons. The van der Waals surface area contributed by atoms with E-state index in [1.54, 1.807) is 0 Å². The summed E-state index contributed by atoms with van der Waals surface area (Å²) in [5.41, 5.74) is 3.02. The van der Waals surface area contributed by atoms with Crippen molar-refractivity contribution in [2.45, 2.75) is 12.5 Å². The second kappa shape index (κ2) is 7.90. The van der Waals surface area contributed by atoms with E-state index in [1.807, 2.05) is 24.3 Å². The predicted molar refractivity (Wildman–Crippen MR) is 113 cm³/mol. The number of rotatable bonds is 5. The molecule has 2 aromatic carbocycles. The first kappa shape index (κ1) is 19.9. The molecule has 3 heterocycles. The number of halogens is 2. The molecule has 0 saturated carbocycles. The average Bonchev–Trinajstić information content (AvgIpc) is 3.08. The van der Waals surface area contributed by atoms with Crippen LogP contribution in [-0.4, -0.2) is 47.3 Å². The van der Waals surface area contributed by atoms with Crippen LogP contribution in [0.4, 0.5) is 8.78 Å². The van der Waals surface area contributed by atoms with E-state index in [0.717, 1.165) is 34.7 Å². The van der Waals surface area contributed by atoms with Gasteiger partial charge in [0, 0.05) is 47.2 Å². The number of aromatic amines is 1. The third-order valence-corrected chi connectivity index (χ3v) is 6.13. The third-order valence-electron chi connectivity index (χ3n) is 6.13. The zero-order valence-electron chi connectivity index (χ0n) is 16.8. The largest absolute Gasteiger partial charge is 0.478 e. The Balaban J connectivity index is 1.62. The predicted octanol–water partition coefficient (Wildman–Crippen LogP) is 4.14. The number of ether oxygens (including phenoxy) is 1. The SMILES string of the molecule is O=C(O)/C=C/c1cc(F)c([C@@H]2c3[nH]c4ccccc4c3CCN2CC2COC2)c(F)c1. The summed E-state index contributed by atoms with van der Waals surface area (Å²) >= 11 is 0. The average molecular weight is 424 g/mol. The van der Waals surface area contributed by atoms with Crippen molar-refractivity contribution in [3.63, 3.8) is 0 Å². The molecule has 2 aliphatic heterocycles. The number of nitrogens with zero attached hydrogens (tertiary/aromatic N) is 1. The second-order valence-electron chi connectivity index (χ2n) is 8.18. The number of carboxylic acid groups (broad SMARTS) is 1. The van der Waals surface area contributed by atoms with E-state index in [2.05, 4.69) is 9.88 Å². The number of H-pyrrole nitrogens is 1. The molecule has 5 rings (SSSR count). The highest BCUT2D eigenvalue weighted by molar-refractivity contribution is 5.86. The summed E-state index contributed by atoms with van der Waals surface area (Å²) in [4.78, 5) is 16.3. The van der Waals surface area contributed by atoms with E-state index in [9.17, 15) is 4.79 Å². The summed E-state index contributed by atoms with van der Waals surface area (Å²) in [7, 11) is 0. The van der Waals surface area contributed by atoms with Gasteiger partial charge in [0.15, 0.2) is 0 Å². The lowest BCUT2D eigenvalue weighted by atomic mass is 9.90. The Kier molecular flexibility index (Phi) is 5.08. The minimum atomic E-state index is -1.17. The van der Waals surface area contributed by atoms with Crippen LogP contribution in [0, 0.1) is 17.6 Å². The Morgan fingerprint density at radius 2 is 1.97 bits per heavy atom. The number of hydrogen-bond donors (Lipinski definition) is 2. The molecule has 7 heteroatoms. The fraction of sp³-hybridized carbons (Fsp3) is 0.292. The van der Waals surface area contributed by atoms with Gasteiger partial charge in [-0.3, -0.25) is 4.90 Å². The summed E-state index contributed by atoms with van der Waals surface area (Å²) in [6.07, 6.45) is 2.86. The maximum absolute atomic E-state index is 15.3. The highest BCUT2D eigenvalue weighted by Crippen LogP contribution is 2.41. The fourth-order valence-electron chi connectivity index (χ4n) is 4.66. The summed E-state index contributed by atoms with van der Waals surface area (Å²) in [6, 6.07) is 9.71. The van der Waals surface area contributed by atoms with Crippen molar-refractivity contribution in [1.29, 1.82) is 0 Å². The number of aliphatic carboxylic acids is 1. The molecule has 1 atom stereocenters. The highest BCUT2D eigenvalue weighted by atomic mass is 19.1. The topological polar surface area (TPSA) is 65.6 Å². The molecule has 0 radical (unpaired) electrons. The molecule has 2 aliphatic rings. The molecule has 0 spiro atoms. The van der Waals surface area contributed by atoms with Gasteiger partial charge in [0.25, 0.3) is 0 Å². The van der Waals surface area contributed by atoms with E-state index in [4.69, 9.17) is 9.84 Å². The second-order valence-corrected chi connectivity index (χ2v) is 8.18. The van der Waals surface area contributed by atoms with E-state index >= 15 is 8.78 Å². The molecule has 0 unspecified atom stereocenters. The third kappa shape index (κ3) is 3.64. The van der Waals surface area contributed by atoms with Crippen molar-refractivity contribution >= 4 is 22.9 Å². The quantitative estimate of drug-likeness (QED) is 0.605. The zero-order valence-corrected chi connectivity index (χ0v) is 16.8. The van der Waals surface area contributed by atoms with E-state index in [-0.39, 0.29) is 11.1 Å². The number of carbonyl (C=O) groups is 1. The first-order valence-corrected chi connectivity index (χ1v) is 10.3. The lowest BCUT2D eigenvalue weighted by molar-refractivity contribution is -0.131. The molecule has 31 heavy (non-hydrogen) atoms. The fourth-order valence-corrected chi connectivity index (χ4v) is 4.66. The van der Waals surface area contributed by atoms with Crippen molar-refractivity contribution in [3.05, 3.63) is 76.5 Å². The maximum atomic E-state index is 15.3. The standard InChI is InChI=1S/C24H22F2N2O3/c25-18-9-14(5-6-21(29)30)10-19(26)22(18)24-23-17(16-3-1-2-4-20(16)27-23)7-8-28(24)11-15-12-31-13-15/h1-6,9-10,15,24,27H,7-8,11-13H2,(H,29,30)/b6-5+/t24-/m1/s1. The monoisotopic (exact) mass is 424 g/mol. The Morgan fingerprint density at radius 3 is 2.65 bits per heavy atom. The van der Waals surface area contributed by atoms with E-state index in [0.29, 0.717) is 32.2 Å². The molecule has 0 amide bonds. The molecular weight excluding hydrogens is 402 g/mol. The Hall–Kier alpha value is -3.03. The number of para-hydroxylation sites is 1. The molecule has 1 fully saturated rings. The molecule has 1 aromatic heterocycles. The van der Waals surface area contributed by atoms with Crippen molar-refractivity contribution in [3.8, 4) is 0 Å². The van der Waals surface area contributed by atoms with Gasteiger partial charge in [0.1, 0.15) is 11.6 Å². The molecule has 0 aliphatic carbocycles. The Labute approximate surface area is 177 Å². The first-order chi connectivity index (χ1) is 15.0. The first-order valence-electron chi connectivity index (χ1n) is 10.3. The van der Waals surface area contributed by atoms with Crippen LogP contribution in [0.25, 0.3) is 17.0 Å². The van der Waals surface area contributed by atoms with Crippen LogP contribution >= 0.6 is 0 Å². The minimum Gasteiger partial charge on any atom is -0.478 e. The van der Waals surface area contributed by atoms with Gasteiger partial charge in [-0.25, -0.2) is 13.6 Å². The zero-order chi connectivity index (χ0) is 21.5. The van der Waals surface area contributed by atoms with Crippen LogP contribution in [0.5, 0.6) is 0 Å². The van der Waals surface area contributed by atoms with Crippen LogP contribution in [0.2, 0.25) is 0 Å². The van der Waals surface area contributed by atoms with Gasteiger partial charge in [0.05, 0.1) is 19.3 Å². The number of fused-ring (bicyclic) bond motifs is 3. The Bertz CT molecular complexity index is 1160. The lowest BCUT2D eigenvalue weighted by Crippen LogP contribution is -2.44. The normalized spacial score (nSPS) is 19.6. The minimum absolute atomic E-state index is 0.0137. The van der Waals surface area contributed by atoms with Gasteiger partial charge in [-0.2, -0.15) is 0 Å². The van der Waals surface area contributed by atoms with Crippen LogP contribution in [0.15, 0.2) is 42.5 Å². The number of aromatic nitrogens is 1. The summed E-state index contributed by atoms with van der Waals surface area (Å²) in [5, 5.41) is 9.88. The van der Waals surface area contributed by atoms with Crippen molar-refractivity contribution in [1.82, 2.24) is 9.88 Å². The van der Waals surface area contributed by atoms with Gasteiger partial charge in [0.2, 0.25) is 0 Å². The van der Waals surface area contributed by atoms with Crippen LogP contribution in [0.1, 0.15) is 28.4 Å². The summed E-state index contributed by atoms with van der Waals surface area (Å²) < 4.78 is 35.9. The van der Waals surface area contributed by atoms with Gasteiger partial charge in [-0.05, 0) is 41.8 Å². The number of carboxylic acids is 1. The summed E-state index contributed by atoms with van der Waals surface area (Å²) in [5.74, 6) is -2.20. The van der Waals surface area contributed by atoms with Crippen LogP contribution in [-0.2, 0) is 16.0 Å². The number of benzene rings is 2. The number of nitrogens with one attached hydrogen (secondary N) is 1. The smallest absolute Gasteiger partial charge is 0.328 e. The molecule has 0 bridgehead atoms. The molecule has 1 saturated heterocycles. The van der Waals surface area contributed by atoms with Gasteiger partial charge < -0.3 is 14.8 Å². The van der Waals surface area contributed by atoms with Crippen LogP contribution in [0.3, 0.4) is 0 Å². The molecule has 5 nitrogen and oxygen atoms in total. The van der Waals surface area contributed by atoms with Crippen LogP contribution < -0.4 is 0 Å². The molecule has 3 aromatic rings. The van der Waals surface area contributed by atoms with E-state index in [1.165, 1.54) is 18.2 Å². The summed E-state index contributed by atoms with van der Waals surface area (Å²) in [6.45, 7) is 2.70. The Morgan fingerprint density at radius 1 is 1.23 bits per heavy atom. The van der Waals surface area contributed by atoms with Crippen molar-refractivity contribution in [2.75, 3.05) is 26.3 Å². The van der Waals surface area contributed by atoms with Gasteiger partial charge in [-0.1, -0.05) is 18.2 Å². The lowest BCUT2D eigenvalue weighted by Gasteiger charge is -2.40. The van der Waals surface area contributed by atoms with Gasteiger partial charge in [-0.15, -0.1) is 0 Å². The van der Waals surface area contributed by atoms with Crippen molar-refractivity contribution in [2.24, 2.45) is 5.92 Å². The highest BCUT2D eigenvalue weighted by Gasteiger charge is 2.37. The molecular formula is C24H22F2N2O3. The number of hydrogen-bond acceptors (Lipinski definition) is 3. The maximum Gasteiger partial charge on any atom is 0.328 e. The van der Waals surface area contributed by atoms with Crippen molar-refractivity contribution < 1.29 is 23.4 Å². The van der Waals surface area contributed by atoms with E-state index < -0.39 is 23.6 Å². The molecule has 2 N–H and O–H groups in total.